The number of rotatable bonds is 6. The van der Waals surface area contributed by atoms with Crippen molar-refractivity contribution in [2.45, 2.75) is 24.4 Å². The molecular weight excluding hydrogens is 451 g/mol. The molecule has 0 N–H and O–H groups in total. The number of aromatic nitrogens is 1. The van der Waals surface area contributed by atoms with Crippen molar-refractivity contribution in [2.24, 2.45) is 0 Å². The van der Waals surface area contributed by atoms with Crippen LogP contribution in [0.4, 0.5) is 13.2 Å². The number of hydrogen-bond donors (Lipinski definition) is 0. The van der Waals surface area contributed by atoms with E-state index in [1.54, 1.807) is 55.5 Å². The molecule has 0 atom stereocenters. The second-order valence-corrected chi connectivity index (χ2v) is 9.59. The molecule has 4 rings (SSSR count). The summed E-state index contributed by atoms with van der Waals surface area (Å²) >= 11 is 0. The monoisotopic (exact) mass is 471 g/mol. The SMILES string of the molecule is CCCS(=O)(=O)c1cccc(Oc2cccc(-c3ccnc4c(C(F)(F)F)cccc34)c2)c1. The van der Waals surface area contributed by atoms with E-state index in [1.165, 1.54) is 24.4 Å². The summed E-state index contributed by atoms with van der Waals surface area (Å²) in [7, 11) is -3.40. The minimum Gasteiger partial charge on any atom is -0.457 e. The maximum absolute atomic E-state index is 13.4. The van der Waals surface area contributed by atoms with Crippen LogP contribution in [0, 0.1) is 0 Å². The number of halogens is 3. The van der Waals surface area contributed by atoms with E-state index in [2.05, 4.69) is 4.98 Å². The fourth-order valence-electron chi connectivity index (χ4n) is 3.64. The molecule has 0 aliphatic rings. The average molecular weight is 472 g/mol. The van der Waals surface area contributed by atoms with Crippen LogP contribution in [0.1, 0.15) is 18.9 Å². The topological polar surface area (TPSA) is 56.3 Å². The maximum atomic E-state index is 13.4. The molecule has 1 heterocycles. The van der Waals surface area contributed by atoms with Crippen molar-refractivity contribution in [3.8, 4) is 22.6 Å². The molecule has 0 aliphatic carbocycles. The van der Waals surface area contributed by atoms with E-state index in [4.69, 9.17) is 4.74 Å². The van der Waals surface area contributed by atoms with Gasteiger partial charge in [0.25, 0.3) is 0 Å². The number of benzene rings is 3. The van der Waals surface area contributed by atoms with Crippen molar-refractivity contribution in [1.82, 2.24) is 4.98 Å². The van der Waals surface area contributed by atoms with E-state index in [0.29, 0.717) is 34.4 Å². The summed E-state index contributed by atoms with van der Waals surface area (Å²) in [6, 6.07) is 18.8. The van der Waals surface area contributed by atoms with Crippen molar-refractivity contribution >= 4 is 20.7 Å². The summed E-state index contributed by atoms with van der Waals surface area (Å²) in [5.41, 5.74) is 0.312. The molecule has 4 aromatic rings. The van der Waals surface area contributed by atoms with Gasteiger partial charge >= 0.3 is 6.18 Å². The van der Waals surface area contributed by atoms with Gasteiger partial charge in [0.1, 0.15) is 11.5 Å². The molecule has 4 nitrogen and oxygen atoms in total. The summed E-state index contributed by atoms with van der Waals surface area (Å²) in [6.07, 6.45) is -2.66. The summed E-state index contributed by atoms with van der Waals surface area (Å²) in [4.78, 5) is 4.14. The number of ether oxygens (including phenoxy) is 1. The number of nitrogens with zero attached hydrogens (tertiary/aromatic N) is 1. The molecule has 0 amide bonds. The average Bonchev–Trinajstić information content (AvgIpc) is 2.78. The van der Waals surface area contributed by atoms with Crippen LogP contribution in [0.3, 0.4) is 0 Å². The van der Waals surface area contributed by atoms with E-state index in [9.17, 15) is 21.6 Å². The van der Waals surface area contributed by atoms with Gasteiger partial charge in [0.05, 0.1) is 21.7 Å². The quantitative estimate of drug-likeness (QED) is 0.307. The van der Waals surface area contributed by atoms with Crippen LogP contribution in [0.25, 0.3) is 22.0 Å². The smallest absolute Gasteiger partial charge is 0.418 e. The van der Waals surface area contributed by atoms with Crippen LogP contribution < -0.4 is 4.74 Å². The predicted octanol–water partition coefficient (Wildman–Crippen LogP) is 6.90. The van der Waals surface area contributed by atoms with Crippen molar-refractivity contribution in [2.75, 3.05) is 5.75 Å². The lowest BCUT2D eigenvalue weighted by atomic mass is 9.99. The molecule has 0 fully saturated rings. The Kier molecular flexibility index (Phi) is 6.12. The highest BCUT2D eigenvalue weighted by Gasteiger charge is 2.33. The predicted molar refractivity (Wildman–Crippen MR) is 121 cm³/mol. The molecule has 3 aromatic carbocycles. The lowest BCUT2D eigenvalue weighted by Crippen LogP contribution is -2.06. The molecule has 0 saturated heterocycles. The fourth-order valence-corrected chi connectivity index (χ4v) is 4.99. The Morgan fingerprint density at radius 1 is 0.909 bits per heavy atom. The summed E-state index contributed by atoms with van der Waals surface area (Å²) in [6.45, 7) is 1.80. The Morgan fingerprint density at radius 2 is 1.61 bits per heavy atom. The van der Waals surface area contributed by atoms with Crippen molar-refractivity contribution < 1.29 is 26.3 Å². The summed E-state index contributed by atoms with van der Waals surface area (Å²) in [5.74, 6) is 0.818. The molecule has 8 heteroatoms. The standard InChI is InChI=1S/C25H20F3NO3S/c1-2-14-33(30,31)20-9-4-8-19(16-20)32-18-7-3-6-17(15-18)21-12-13-29-24-22(21)10-5-11-23(24)25(26,27)28/h3-13,15-16H,2,14H2,1H3. The highest BCUT2D eigenvalue weighted by molar-refractivity contribution is 7.91. The Balaban J connectivity index is 1.71. The van der Waals surface area contributed by atoms with E-state index in [1.807, 2.05) is 0 Å². The number of alkyl halides is 3. The van der Waals surface area contributed by atoms with Gasteiger partial charge in [-0.2, -0.15) is 13.2 Å². The minimum atomic E-state index is -4.51. The Labute approximate surface area is 189 Å². The number of para-hydroxylation sites is 1. The molecule has 0 spiro atoms. The Bertz CT molecular complexity index is 1420. The zero-order valence-electron chi connectivity index (χ0n) is 17.6. The van der Waals surface area contributed by atoms with E-state index < -0.39 is 21.6 Å². The highest BCUT2D eigenvalue weighted by atomic mass is 32.2. The van der Waals surface area contributed by atoms with E-state index in [-0.39, 0.29) is 16.2 Å². The lowest BCUT2D eigenvalue weighted by Gasteiger charge is -2.13. The van der Waals surface area contributed by atoms with Gasteiger partial charge in [-0.25, -0.2) is 8.42 Å². The first kappa shape index (κ1) is 22.8. The summed E-state index contributed by atoms with van der Waals surface area (Å²) in [5, 5.41) is 0.372. The van der Waals surface area contributed by atoms with Crippen LogP contribution in [-0.4, -0.2) is 19.2 Å². The van der Waals surface area contributed by atoms with E-state index in [0.717, 1.165) is 6.07 Å². The number of fused-ring (bicyclic) bond motifs is 1. The van der Waals surface area contributed by atoms with Crippen molar-refractivity contribution in [3.63, 3.8) is 0 Å². The van der Waals surface area contributed by atoms with Crippen LogP contribution in [0.2, 0.25) is 0 Å². The van der Waals surface area contributed by atoms with Crippen LogP contribution >= 0.6 is 0 Å². The Morgan fingerprint density at radius 3 is 2.33 bits per heavy atom. The number of hydrogen-bond acceptors (Lipinski definition) is 4. The number of sulfone groups is 1. The molecular formula is C25H20F3NO3S. The molecule has 0 aliphatic heterocycles. The van der Waals surface area contributed by atoms with Crippen LogP contribution in [-0.2, 0) is 16.0 Å². The highest BCUT2D eigenvalue weighted by Crippen LogP contribution is 2.37. The molecule has 0 saturated carbocycles. The van der Waals surface area contributed by atoms with Gasteiger partial charge in [-0.1, -0.05) is 37.3 Å². The van der Waals surface area contributed by atoms with Gasteiger partial charge in [0.2, 0.25) is 0 Å². The van der Waals surface area contributed by atoms with Crippen LogP contribution in [0.5, 0.6) is 11.5 Å². The van der Waals surface area contributed by atoms with Crippen LogP contribution in [0.15, 0.2) is 83.9 Å². The third-order valence-corrected chi connectivity index (χ3v) is 7.01. The first-order chi connectivity index (χ1) is 15.7. The molecule has 0 bridgehead atoms. The van der Waals surface area contributed by atoms with Gasteiger partial charge in [0.15, 0.2) is 9.84 Å². The van der Waals surface area contributed by atoms with Crippen molar-refractivity contribution in [1.29, 1.82) is 0 Å². The Hall–Kier alpha value is -3.39. The summed E-state index contributed by atoms with van der Waals surface area (Å²) < 4.78 is 70.9. The second-order valence-electron chi connectivity index (χ2n) is 7.48. The molecule has 1 aromatic heterocycles. The third-order valence-electron chi connectivity index (χ3n) is 5.09. The van der Waals surface area contributed by atoms with Gasteiger partial charge < -0.3 is 4.74 Å². The van der Waals surface area contributed by atoms with E-state index >= 15 is 0 Å². The normalized spacial score (nSPS) is 12.1. The van der Waals surface area contributed by atoms with Gasteiger partial charge in [0, 0.05) is 11.6 Å². The van der Waals surface area contributed by atoms with Gasteiger partial charge in [-0.15, -0.1) is 0 Å². The largest absolute Gasteiger partial charge is 0.457 e. The first-order valence-corrected chi connectivity index (χ1v) is 11.9. The molecule has 0 radical (unpaired) electrons. The zero-order valence-corrected chi connectivity index (χ0v) is 18.5. The van der Waals surface area contributed by atoms with Gasteiger partial charge in [-0.05, 0) is 60.0 Å². The minimum absolute atomic E-state index is 0.0426. The maximum Gasteiger partial charge on any atom is 0.418 e. The lowest BCUT2D eigenvalue weighted by molar-refractivity contribution is -0.136. The zero-order chi connectivity index (χ0) is 23.6. The third kappa shape index (κ3) is 4.85. The first-order valence-electron chi connectivity index (χ1n) is 10.2. The fraction of sp³-hybridized carbons (Fsp3) is 0.160. The number of pyridine rings is 1. The van der Waals surface area contributed by atoms with Crippen molar-refractivity contribution in [3.05, 3.63) is 84.6 Å². The second kappa shape index (κ2) is 8.86. The molecule has 0 unspecified atom stereocenters. The van der Waals surface area contributed by atoms with Gasteiger partial charge in [-0.3, -0.25) is 4.98 Å². The molecule has 33 heavy (non-hydrogen) atoms. The molecule has 170 valence electrons.